The van der Waals surface area contributed by atoms with Crippen molar-refractivity contribution in [3.05, 3.63) is 17.9 Å². The van der Waals surface area contributed by atoms with E-state index in [9.17, 15) is 0 Å². The van der Waals surface area contributed by atoms with Crippen LogP contribution in [-0.4, -0.2) is 35.8 Å². The van der Waals surface area contributed by atoms with Crippen molar-refractivity contribution >= 4 is 17.5 Å². The van der Waals surface area contributed by atoms with Crippen LogP contribution < -0.4 is 5.32 Å². The van der Waals surface area contributed by atoms with Crippen LogP contribution in [0, 0.1) is 5.92 Å². The van der Waals surface area contributed by atoms with Crippen LogP contribution in [-0.2, 0) is 0 Å². The van der Waals surface area contributed by atoms with Gasteiger partial charge in [-0.25, -0.2) is 4.98 Å². The molecule has 18 heavy (non-hydrogen) atoms. The minimum atomic E-state index is 0.119. The molecule has 1 N–H and O–H groups in total. The van der Waals surface area contributed by atoms with Crippen LogP contribution in [0.5, 0.6) is 0 Å². The second kappa shape index (κ2) is 5.26. The fourth-order valence-corrected chi connectivity index (χ4v) is 1.34. The lowest BCUT2D eigenvalue weighted by Crippen LogP contribution is -2.23. The van der Waals surface area contributed by atoms with E-state index in [-0.39, 0.29) is 11.3 Å². The number of nitrogens with zero attached hydrogens (tertiary/aromatic N) is 6. The van der Waals surface area contributed by atoms with Crippen molar-refractivity contribution in [2.24, 2.45) is 5.92 Å². The first kappa shape index (κ1) is 12.7. The van der Waals surface area contributed by atoms with Gasteiger partial charge in [-0.3, -0.25) is 0 Å². The van der Waals surface area contributed by atoms with Gasteiger partial charge < -0.3 is 5.32 Å². The Labute approximate surface area is 110 Å². The van der Waals surface area contributed by atoms with Gasteiger partial charge in [-0.2, -0.15) is 24.7 Å². The number of hydrogen-bond acceptors (Lipinski definition) is 6. The van der Waals surface area contributed by atoms with E-state index in [0.29, 0.717) is 17.8 Å². The zero-order valence-corrected chi connectivity index (χ0v) is 11.1. The summed E-state index contributed by atoms with van der Waals surface area (Å²) < 4.78 is 1.43. The van der Waals surface area contributed by atoms with Gasteiger partial charge in [-0.05, 0) is 24.4 Å². The molecule has 96 valence electrons. The van der Waals surface area contributed by atoms with Crippen LogP contribution >= 0.6 is 11.6 Å². The van der Waals surface area contributed by atoms with Gasteiger partial charge >= 0.3 is 0 Å². The topological polar surface area (TPSA) is 81.4 Å². The summed E-state index contributed by atoms with van der Waals surface area (Å²) in [6, 6.07) is 0.229. The van der Waals surface area contributed by atoms with Crippen molar-refractivity contribution < 1.29 is 0 Å². The highest BCUT2D eigenvalue weighted by Gasteiger charge is 2.11. The van der Waals surface area contributed by atoms with Gasteiger partial charge in [0.2, 0.25) is 11.2 Å². The number of hydrogen-bond donors (Lipinski definition) is 1. The first-order valence-corrected chi connectivity index (χ1v) is 5.97. The number of halogens is 1. The van der Waals surface area contributed by atoms with Gasteiger partial charge in [0.1, 0.15) is 12.7 Å². The van der Waals surface area contributed by atoms with E-state index < -0.39 is 0 Å². The molecule has 0 saturated carbocycles. The van der Waals surface area contributed by atoms with E-state index >= 15 is 0 Å². The summed E-state index contributed by atoms with van der Waals surface area (Å²) >= 11 is 5.87. The second-order valence-corrected chi connectivity index (χ2v) is 4.58. The van der Waals surface area contributed by atoms with Gasteiger partial charge in [0.25, 0.3) is 5.95 Å². The van der Waals surface area contributed by atoms with E-state index in [1.807, 2.05) is 0 Å². The monoisotopic (exact) mass is 267 g/mol. The normalized spacial score (nSPS) is 12.7. The van der Waals surface area contributed by atoms with Crippen molar-refractivity contribution in [2.45, 2.75) is 26.8 Å². The van der Waals surface area contributed by atoms with Crippen LogP contribution in [0.3, 0.4) is 0 Å². The van der Waals surface area contributed by atoms with Gasteiger partial charge in [-0.15, -0.1) is 0 Å². The zero-order valence-electron chi connectivity index (χ0n) is 10.4. The lowest BCUT2D eigenvalue weighted by molar-refractivity contribution is 0.555. The second-order valence-electron chi connectivity index (χ2n) is 4.25. The molecule has 0 bridgehead atoms. The van der Waals surface area contributed by atoms with Gasteiger partial charge in [0.15, 0.2) is 0 Å². The minimum absolute atomic E-state index is 0.119. The average molecular weight is 268 g/mol. The Morgan fingerprint density at radius 2 is 2.00 bits per heavy atom. The smallest absolute Gasteiger partial charge is 0.258 e. The maximum atomic E-state index is 5.87. The summed E-state index contributed by atoms with van der Waals surface area (Å²) in [7, 11) is 0. The molecule has 0 spiro atoms. The van der Waals surface area contributed by atoms with E-state index in [1.54, 1.807) is 0 Å². The molecule has 0 aliphatic heterocycles. The maximum absolute atomic E-state index is 5.87. The van der Waals surface area contributed by atoms with Crippen LogP contribution in [0.25, 0.3) is 5.95 Å². The third-order valence-electron chi connectivity index (χ3n) is 2.58. The van der Waals surface area contributed by atoms with Crippen molar-refractivity contribution in [2.75, 3.05) is 5.32 Å². The summed E-state index contributed by atoms with van der Waals surface area (Å²) in [6.07, 6.45) is 2.91. The van der Waals surface area contributed by atoms with Crippen LogP contribution in [0.2, 0.25) is 5.28 Å². The summed E-state index contributed by atoms with van der Waals surface area (Å²) in [6.45, 7) is 6.27. The molecule has 0 fully saturated rings. The predicted molar refractivity (Wildman–Crippen MR) is 67.7 cm³/mol. The highest BCUT2D eigenvalue weighted by molar-refractivity contribution is 6.28. The summed E-state index contributed by atoms with van der Waals surface area (Å²) in [5.41, 5.74) is 0. The van der Waals surface area contributed by atoms with Crippen molar-refractivity contribution in [3.8, 4) is 5.95 Å². The molecule has 1 atom stereocenters. The molecule has 7 nitrogen and oxygen atoms in total. The first-order valence-electron chi connectivity index (χ1n) is 5.59. The van der Waals surface area contributed by atoms with Gasteiger partial charge in [0, 0.05) is 6.04 Å². The Balaban J connectivity index is 2.27. The third-order valence-corrected chi connectivity index (χ3v) is 2.75. The molecule has 2 heterocycles. The standard InChI is InChI=1S/C10H14ClN7/c1-6(2)7(3)14-9-15-8(11)16-10(17-9)18-5-12-4-13-18/h4-7H,1-3H3,(H,14,15,16,17). The van der Waals surface area contributed by atoms with Gasteiger partial charge in [-0.1, -0.05) is 13.8 Å². The van der Waals surface area contributed by atoms with Crippen molar-refractivity contribution in [1.82, 2.24) is 29.7 Å². The SMILES string of the molecule is CC(C)C(C)Nc1nc(Cl)nc(-n2cncn2)n1. The molecule has 2 aromatic heterocycles. The van der Waals surface area contributed by atoms with E-state index in [4.69, 9.17) is 11.6 Å². The Kier molecular flexibility index (Phi) is 3.71. The average Bonchev–Trinajstić information content (AvgIpc) is 2.81. The minimum Gasteiger partial charge on any atom is -0.351 e. The Morgan fingerprint density at radius 3 is 2.61 bits per heavy atom. The molecule has 2 aromatic rings. The summed E-state index contributed by atoms with van der Waals surface area (Å²) in [5, 5.41) is 7.25. The van der Waals surface area contributed by atoms with Crippen molar-refractivity contribution in [3.63, 3.8) is 0 Å². The Morgan fingerprint density at radius 1 is 1.22 bits per heavy atom. The Hall–Kier alpha value is -1.76. The predicted octanol–water partition coefficient (Wildman–Crippen LogP) is 1.56. The molecule has 8 heteroatoms. The number of rotatable bonds is 4. The largest absolute Gasteiger partial charge is 0.351 e. The molecule has 0 aromatic carbocycles. The highest BCUT2D eigenvalue weighted by Crippen LogP contribution is 2.12. The quantitative estimate of drug-likeness (QED) is 0.905. The molecule has 0 aliphatic carbocycles. The van der Waals surface area contributed by atoms with Crippen LogP contribution in [0.1, 0.15) is 20.8 Å². The van der Waals surface area contributed by atoms with E-state index in [2.05, 4.69) is 51.1 Å². The fourth-order valence-electron chi connectivity index (χ4n) is 1.19. The summed E-state index contributed by atoms with van der Waals surface area (Å²) in [4.78, 5) is 16.1. The van der Waals surface area contributed by atoms with Gasteiger partial charge in [0.05, 0.1) is 0 Å². The number of anilines is 1. The molecule has 0 saturated heterocycles. The molecule has 0 amide bonds. The maximum Gasteiger partial charge on any atom is 0.258 e. The number of aromatic nitrogens is 6. The Bertz CT molecular complexity index is 511. The molecule has 2 rings (SSSR count). The fraction of sp³-hybridized carbons (Fsp3) is 0.500. The lowest BCUT2D eigenvalue weighted by atomic mass is 10.1. The highest BCUT2D eigenvalue weighted by atomic mass is 35.5. The lowest BCUT2D eigenvalue weighted by Gasteiger charge is -2.17. The summed E-state index contributed by atoms with van der Waals surface area (Å²) in [5.74, 6) is 1.23. The van der Waals surface area contributed by atoms with E-state index in [0.717, 1.165) is 0 Å². The zero-order chi connectivity index (χ0) is 13.1. The van der Waals surface area contributed by atoms with Crippen LogP contribution in [0.4, 0.5) is 5.95 Å². The molecular weight excluding hydrogens is 254 g/mol. The number of nitrogens with one attached hydrogen (secondary N) is 1. The van der Waals surface area contributed by atoms with Crippen LogP contribution in [0.15, 0.2) is 12.7 Å². The molecule has 0 aliphatic rings. The van der Waals surface area contributed by atoms with E-state index in [1.165, 1.54) is 17.3 Å². The van der Waals surface area contributed by atoms with Crippen molar-refractivity contribution in [1.29, 1.82) is 0 Å². The molecule has 1 unspecified atom stereocenters. The first-order chi connectivity index (χ1) is 8.56. The third kappa shape index (κ3) is 2.92. The molecular formula is C10H14ClN7. The molecule has 0 radical (unpaired) electrons.